The van der Waals surface area contributed by atoms with Crippen LogP contribution in [0, 0.1) is 0 Å². The fourth-order valence-corrected chi connectivity index (χ4v) is 3.24. The molecule has 0 unspecified atom stereocenters. The maximum absolute atomic E-state index is 4.33. The van der Waals surface area contributed by atoms with Crippen molar-refractivity contribution in [3.05, 3.63) is 5.82 Å². The van der Waals surface area contributed by atoms with Gasteiger partial charge < -0.3 is 9.88 Å². The lowest BCUT2D eigenvalue weighted by Crippen LogP contribution is -2.13. The van der Waals surface area contributed by atoms with Crippen molar-refractivity contribution in [2.75, 3.05) is 18.8 Å². The molecule has 0 amide bonds. The lowest BCUT2D eigenvalue weighted by atomic mass is 10.2. The number of aryl methyl sites for hydroxylation is 1. The highest BCUT2D eigenvalue weighted by Gasteiger charge is 2.14. The number of hydrogen-bond acceptors (Lipinski definition) is 4. The third-order valence-electron chi connectivity index (χ3n) is 3.30. The minimum absolute atomic E-state index is 1.07. The third-order valence-corrected chi connectivity index (χ3v) is 4.36. The van der Waals surface area contributed by atoms with E-state index in [1.54, 1.807) is 0 Å². The number of nitrogens with zero attached hydrogens (tertiary/aromatic N) is 3. The van der Waals surface area contributed by atoms with E-state index in [4.69, 9.17) is 0 Å². The summed E-state index contributed by atoms with van der Waals surface area (Å²) in [5, 5.41) is 13.2. The molecule has 5 heteroatoms. The second kappa shape index (κ2) is 7.79. The summed E-state index contributed by atoms with van der Waals surface area (Å²) >= 11 is 1.87. The standard InChI is InChI=1S/C13H24N4S/c1-2-14-9-5-7-11-18-13-16-15-12-8-4-3-6-10-17(12)13/h14H,2-11H2,1H3. The molecule has 0 bridgehead atoms. The maximum atomic E-state index is 4.33. The number of aromatic nitrogens is 3. The van der Waals surface area contributed by atoms with Crippen molar-refractivity contribution in [3.8, 4) is 0 Å². The zero-order chi connectivity index (χ0) is 12.6. The highest BCUT2D eigenvalue weighted by atomic mass is 32.2. The fourth-order valence-electron chi connectivity index (χ4n) is 2.26. The Morgan fingerprint density at radius 2 is 2.17 bits per heavy atom. The van der Waals surface area contributed by atoms with E-state index in [1.807, 2.05) is 11.8 Å². The van der Waals surface area contributed by atoms with Gasteiger partial charge in [-0.05, 0) is 38.8 Å². The summed E-state index contributed by atoms with van der Waals surface area (Å²) in [6.45, 7) is 5.47. The Hall–Kier alpha value is -0.550. The van der Waals surface area contributed by atoms with E-state index >= 15 is 0 Å². The van der Waals surface area contributed by atoms with Gasteiger partial charge in [-0.3, -0.25) is 0 Å². The van der Waals surface area contributed by atoms with Gasteiger partial charge in [0.25, 0.3) is 0 Å². The van der Waals surface area contributed by atoms with E-state index < -0.39 is 0 Å². The Balaban J connectivity index is 1.74. The van der Waals surface area contributed by atoms with Crippen LogP contribution in [0.15, 0.2) is 5.16 Å². The molecule has 2 rings (SSSR count). The number of unbranched alkanes of at least 4 members (excludes halogenated alkanes) is 1. The van der Waals surface area contributed by atoms with Gasteiger partial charge in [0.1, 0.15) is 5.82 Å². The van der Waals surface area contributed by atoms with E-state index in [0.717, 1.165) is 37.0 Å². The monoisotopic (exact) mass is 268 g/mol. The van der Waals surface area contributed by atoms with Crippen LogP contribution in [0.5, 0.6) is 0 Å². The predicted molar refractivity (Wildman–Crippen MR) is 76.1 cm³/mol. The molecular weight excluding hydrogens is 244 g/mol. The van der Waals surface area contributed by atoms with Crippen LogP contribution in [-0.2, 0) is 13.0 Å². The Kier molecular flexibility index (Phi) is 6.00. The Bertz CT molecular complexity index is 351. The van der Waals surface area contributed by atoms with Gasteiger partial charge in [0.2, 0.25) is 0 Å². The Morgan fingerprint density at radius 1 is 1.22 bits per heavy atom. The first-order chi connectivity index (χ1) is 8.92. The fraction of sp³-hybridized carbons (Fsp3) is 0.846. The Morgan fingerprint density at radius 3 is 3.06 bits per heavy atom. The molecule has 1 aliphatic rings. The van der Waals surface area contributed by atoms with Gasteiger partial charge in [0.05, 0.1) is 0 Å². The molecule has 1 aromatic rings. The summed E-state index contributed by atoms with van der Waals surface area (Å²) in [4.78, 5) is 0. The van der Waals surface area contributed by atoms with E-state index in [0.29, 0.717) is 0 Å². The smallest absolute Gasteiger partial charge is 0.191 e. The Labute approximate surface area is 114 Å². The van der Waals surface area contributed by atoms with Crippen LogP contribution in [0.25, 0.3) is 0 Å². The zero-order valence-electron chi connectivity index (χ0n) is 11.3. The normalized spacial score (nSPS) is 15.4. The van der Waals surface area contributed by atoms with E-state index in [1.165, 1.54) is 37.9 Å². The van der Waals surface area contributed by atoms with Crippen LogP contribution in [0.3, 0.4) is 0 Å². The summed E-state index contributed by atoms with van der Waals surface area (Å²) in [6, 6.07) is 0. The van der Waals surface area contributed by atoms with Gasteiger partial charge in [0.15, 0.2) is 5.16 Å². The molecule has 0 spiro atoms. The molecule has 0 aromatic carbocycles. The summed E-state index contributed by atoms with van der Waals surface area (Å²) < 4.78 is 2.34. The first kappa shape index (κ1) is 13.9. The third kappa shape index (κ3) is 3.99. The van der Waals surface area contributed by atoms with E-state index in [-0.39, 0.29) is 0 Å². The van der Waals surface area contributed by atoms with E-state index in [9.17, 15) is 0 Å². The number of rotatable bonds is 7. The van der Waals surface area contributed by atoms with Crippen molar-refractivity contribution < 1.29 is 0 Å². The predicted octanol–water partition coefficient (Wildman–Crippen LogP) is 2.49. The zero-order valence-corrected chi connectivity index (χ0v) is 12.1. The first-order valence-electron chi connectivity index (χ1n) is 7.17. The average molecular weight is 268 g/mol. The van der Waals surface area contributed by atoms with Crippen LogP contribution < -0.4 is 5.32 Å². The van der Waals surface area contributed by atoms with Crippen LogP contribution in [0.4, 0.5) is 0 Å². The molecule has 0 atom stereocenters. The van der Waals surface area contributed by atoms with Crippen LogP contribution in [-0.4, -0.2) is 33.6 Å². The molecule has 0 saturated carbocycles. The second-order valence-electron chi connectivity index (χ2n) is 4.77. The number of nitrogens with one attached hydrogen (secondary N) is 1. The van der Waals surface area contributed by atoms with Crippen molar-refractivity contribution in [2.45, 2.75) is 57.1 Å². The molecular formula is C13H24N4S. The number of fused-ring (bicyclic) bond motifs is 1. The van der Waals surface area contributed by atoms with Crippen LogP contribution >= 0.6 is 11.8 Å². The highest BCUT2D eigenvalue weighted by Crippen LogP contribution is 2.22. The van der Waals surface area contributed by atoms with Crippen molar-refractivity contribution in [1.82, 2.24) is 20.1 Å². The van der Waals surface area contributed by atoms with Gasteiger partial charge in [-0.15, -0.1) is 10.2 Å². The number of hydrogen-bond donors (Lipinski definition) is 1. The molecule has 2 heterocycles. The molecule has 1 aromatic heterocycles. The van der Waals surface area contributed by atoms with Crippen molar-refractivity contribution in [3.63, 3.8) is 0 Å². The van der Waals surface area contributed by atoms with Gasteiger partial charge in [-0.1, -0.05) is 25.1 Å². The second-order valence-corrected chi connectivity index (χ2v) is 5.83. The molecule has 0 radical (unpaired) electrons. The summed E-state index contributed by atoms with van der Waals surface area (Å²) in [5.41, 5.74) is 0. The number of thioether (sulfide) groups is 1. The molecule has 1 N–H and O–H groups in total. The van der Waals surface area contributed by atoms with Crippen molar-refractivity contribution >= 4 is 11.8 Å². The van der Waals surface area contributed by atoms with Crippen molar-refractivity contribution in [2.24, 2.45) is 0 Å². The topological polar surface area (TPSA) is 42.7 Å². The molecule has 1 aliphatic heterocycles. The van der Waals surface area contributed by atoms with Crippen molar-refractivity contribution in [1.29, 1.82) is 0 Å². The summed E-state index contributed by atoms with van der Waals surface area (Å²) in [5.74, 6) is 2.35. The quantitative estimate of drug-likeness (QED) is 0.609. The maximum Gasteiger partial charge on any atom is 0.191 e. The minimum atomic E-state index is 1.07. The van der Waals surface area contributed by atoms with Gasteiger partial charge in [-0.25, -0.2) is 0 Å². The largest absolute Gasteiger partial charge is 0.317 e. The average Bonchev–Trinajstić information content (AvgIpc) is 2.62. The summed E-state index contributed by atoms with van der Waals surface area (Å²) in [6.07, 6.45) is 7.48. The SMILES string of the molecule is CCNCCCCSc1nnc2n1CCCCC2. The molecule has 18 heavy (non-hydrogen) atoms. The molecule has 0 aliphatic carbocycles. The highest BCUT2D eigenvalue weighted by molar-refractivity contribution is 7.99. The van der Waals surface area contributed by atoms with Gasteiger partial charge in [-0.2, -0.15) is 0 Å². The minimum Gasteiger partial charge on any atom is -0.317 e. The first-order valence-corrected chi connectivity index (χ1v) is 8.16. The summed E-state index contributed by atoms with van der Waals surface area (Å²) in [7, 11) is 0. The molecule has 102 valence electrons. The van der Waals surface area contributed by atoms with Gasteiger partial charge in [0, 0.05) is 18.7 Å². The van der Waals surface area contributed by atoms with Crippen LogP contribution in [0.2, 0.25) is 0 Å². The van der Waals surface area contributed by atoms with Crippen LogP contribution in [0.1, 0.15) is 44.9 Å². The lowest BCUT2D eigenvalue weighted by molar-refractivity contribution is 0.590. The molecule has 0 fully saturated rings. The lowest BCUT2D eigenvalue weighted by Gasteiger charge is -2.06. The molecule has 0 saturated heterocycles. The van der Waals surface area contributed by atoms with E-state index in [2.05, 4.69) is 27.0 Å². The van der Waals surface area contributed by atoms with Gasteiger partial charge >= 0.3 is 0 Å². The molecule has 4 nitrogen and oxygen atoms in total.